The summed E-state index contributed by atoms with van der Waals surface area (Å²) in [6.07, 6.45) is 0. The van der Waals surface area contributed by atoms with E-state index in [4.69, 9.17) is 11.6 Å². The summed E-state index contributed by atoms with van der Waals surface area (Å²) in [5.41, 5.74) is 1.48. The molecule has 0 spiro atoms. The van der Waals surface area contributed by atoms with Crippen LogP contribution in [0.25, 0.3) is 0 Å². The van der Waals surface area contributed by atoms with Crippen molar-refractivity contribution in [2.24, 2.45) is 5.10 Å². The second kappa shape index (κ2) is 4.24. The molecule has 74 valence electrons. The average molecular weight is 211 g/mol. The predicted octanol–water partition coefficient (Wildman–Crippen LogP) is 2.62. The zero-order valence-corrected chi connectivity index (χ0v) is 8.88. The highest BCUT2D eigenvalue weighted by atomic mass is 35.5. The molecule has 1 aromatic carbocycles. The Kier molecular flexibility index (Phi) is 3.25. The summed E-state index contributed by atoms with van der Waals surface area (Å²) in [6, 6.07) is 5.40. The molecule has 0 fully saturated rings. The fourth-order valence-electron chi connectivity index (χ4n) is 1.22. The molecule has 4 heteroatoms. The number of hydrogen-bond donors (Lipinski definition) is 0. The lowest BCUT2D eigenvalue weighted by Gasteiger charge is -2.17. The first-order valence-corrected chi connectivity index (χ1v) is 4.48. The highest BCUT2D eigenvalue weighted by molar-refractivity contribution is 6.34. The van der Waals surface area contributed by atoms with E-state index in [9.17, 15) is 4.79 Å². The Balaban J connectivity index is 3.28. The maximum Gasteiger partial charge on any atom is 0.244 e. The van der Waals surface area contributed by atoms with Crippen molar-refractivity contribution in [1.29, 1.82) is 0 Å². The highest BCUT2D eigenvalue weighted by Gasteiger charge is 2.14. The van der Waals surface area contributed by atoms with Crippen molar-refractivity contribution in [3.63, 3.8) is 0 Å². The first-order valence-electron chi connectivity index (χ1n) is 4.10. The molecular formula is C10H11ClN2O. The molecule has 1 aromatic rings. The number of amides is 1. The topological polar surface area (TPSA) is 32.7 Å². The fourth-order valence-corrected chi connectivity index (χ4v) is 1.52. The van der Waals surface area contributed by atoms with E-state index >= 15 is 0 Å². The smallest absolute Gasteiger partial charge is 0.244 e. The van der Waals surface area contributed by atoms with Gasteiger partial charge in [-0.05, 0) is 18.6 Å². The van der Waals surface area contributed by atoms with Gasteiger partial charge in [0, 0.05) is 13.6 Å². The lowest BCUT2D eigenvalue weighted by atomic mass is 10.2. The molecule has 0 radical (unpaired) electrons. The average Bonchev–Trinajstić information content (AvgIpc) is 2.10. The first-order chi connectivity index (χ1) is 6.57. The van der Waals surface area contributed by atoms with Crippen molar-refractivity contribution in [2.75, 3.05) is 5.01 Å². The number of hydrogen-bond acceptors (Lipinski definition) is 2. The summed E-state index contributed by atoms with van der Waals surface area (Å²) in [7, 11) is 0. The molecule has 0 heterocycles. The van der Waals surface area contributed by atoms with Gasteiger partial charge in [-0.2, -0.15) is 10.1 Å². The van der Waals surface area contributed by atoms with E-state index in [-0.39, 0.29) is 5.91 Å². The molecule has 0 bridgehead atoms. The highest BCUT2D eigenvalue weighted by Crippen LogP contribution is 2.29. The van der Waals surface area contributed by atoms with E-state index in [1.807, 2.05) is 19.1 Å². The van der Waals surface area contributed by atoms with Crippen molar-refractivity contribution in [2.45, 2.75) is 13.8 Å². The summed E-state index contributed by atoms with van der Waals surface area (Å²) in [5, 5.41) is 5.31. The Morgan fingerprint density at radius 2 is 2.21 bits per heavy atom. The number of carbonyl (C=O) groups excluding carboxylic acids is 1. The second-order valence-electron chi connectivity index (χ2n) is 2.88. The van der Waals surface area contributed by atoms with E-state index in [1.54, 1.807) is 6.07 Å². The molecule has 0 saturated heterocycles. The maximum atomic E-state index is 11.2. The monoisotopic (exact) mass is 210 g/mol. The molecule has 0 aromatic heterocycles. The number of aryl methyl sites for hydroxylation is 1. The number of halogens is 1. The number of benzene rings is 1. The van der Waals surface area contributed by atoms with E-state index in [0.29, 0.717) is 10.7 Å². The standard InChI is InChI=1S/C10H11ClN2O/c1-7-5-4-6-9(11)10(7)13(12-3)8(2)14/h4-6H,3H2,1-2H3. The predicted molar refractivity (Wildman–Crippen MR) is 58.9 cm³/mol. The van der Waals surface area contributed by atoms with Crippen molar-refractivity contribution >= 4 is 29.9 Å². The number of carbonyl (C=O) groups is 1. The number of para-hydroxylation sites is 1. The van der Waals surface area contributed by atoms with Gasteiger partial charge in [-0.25, -0.2) is 0 Å². The van der Waals surface area contributed by atoms with Gasteiger partial charge in [0.25, 0.3) is 0 Å². The van der Waals surface area contributed by atoms with Gasteiger partial charge in [-0.15, -0.1) is 0 Å². The Bertz CT molecular complexity index is 356. The van der Waals surface area contributed by atoms with Crippen molar-refractivity contribution < 1.29 is 4.79 Å². The summed E-state index contributed by atoms with van der Waals surface area (Å²) in [6.45, 7) is 6.61. The van der Waals surface area contributed by atoms with Gasteiger partial charge in [0.15, 0.2) is 0 Å². The normalized spacial score (nSPS) is 9.64. The lowest BCUT2D eigenvalue weighted by Crippen LogP contribution is -2.22. The molecule has 1 amide bonds. The molecule has 3 nitrogen and oxygen atoms in total. The maximum absolute atomic E-state index is 11.2. The zero-order valence-electron chi connectivity index (χ0n) is 8.12. The summed E-state index contributed by atoms with van der Waals surface area (Å²) in [5.74, 6) is -0.212. The van der Waals surface area contributed by atoms with E-state index in [1.165, 1.54) is 11.9 Å². The van der Waals surface area contributed by atoms with E-state index in [0.717, 1.165) is 5.56 Å². The Morgan fingerprint density at radius 1 is 1.57 bits per heavy atom. The third-order valence-electron chi connectivity index (χ3n) is 1.84. The van der Waals surface area contributed by atoms with Crippen LogP contribution in [-0.4, -0.2) is 12.6 Å². The van der Waals surface area contributed by atoms with Crippen LogP contribution in [0, 0.1) is 6.92 Å². The minimum absolute atomic E-state index is 0.212. The van der Waals surface area contributed by atoms with Crippen molar-refractivity contribution in [1.82, 2.24) is 0 Å². The van der Waals surface area contributed by atoms with Crippen LogP contribution in [-0.2, 0) is 4.79 Å². The van der Waals surface area contributed by atoms with E-state index < -0.39 is 0 Å². The molecule has 14 heavy (non-hydrogen) atoms. The quantitative estimate of drug-likeness (QED) is 0.546. The SMILES string of the molecule is C=NN(C(C)=O)c1c(C)cccc1Cl. The van der Waals surface area contributed by atoms with Gasteiger partial charge >= 0.3 is 0 Å². The van der Waals surface area contributed by atoms with Crippen LogP contribution in [0.1, 0.15) is 12.5 Å². The van der Waals surface area contributed by atoms with Crippen molar-refractivity contribution in [3.8, 4) is 0 Å². The Morgan fingerprint density at radius 3 is 2.64 bits per heavy atom. The largest absolute Gasteiger partial charge is 0.273 e. The fraction of sp³-hybridized carbons (Fsp3) is 0.200. The van der Waals surface area contributed by atoms with Gasteiger partial charge in [-0.3, -0.25) is 4.79 Å². The molecule has 0 unspecified atom stereocenters. The third kappa shape index (κ3) is 1.93. The number of rotatable bonds is 2. The van der Waals surface area contributed by atoms with E-state index in [2.05, 4.69) is 11.8 Å². The summed E-state index contributed by atoms with van der Waals surface area (Å²) < 4.78 is 0. The second-order valence-corrected chi connectivity index (χ2v) is 3.28. The molecule has 1 rings (SSSR count). The van der Waals surface area contributed by atoms with Crippen LogP contribution in [0.5, 0.6) is 0 Å². The third-order valence-corrected chi connectivity index (χ3v) is 2.15. The van der Waals surface area contributed by atoms with Gasteiger partial charge in [-0.1, -0.05) is 23.7 Å². The van der Waals surface area contributed by atoms with Gasteiger partial charge in [0.2, 0.25) is 5.91 Å². The molecule has 0 aliphatic heterocycles. The minimum Gasteiger partial charge on any atom is -0.273 e. The Labute approximate surface area is 88.0 Å². The van der Waals surface area contributed by atoms with Gasteiger partial charge in [0.05, 0.1) is 10.7 Å². The summed E-state index contributed by atoms with van der Waals surface area (Å²) >= 11 is 5.97. The molecule has 0 aliphatic carbocycles. The molecular weight excluding hydrogens is 200 g/mol. The van der Waals surface area contributed by atoms with Crippen LogP contribution < -0.4 is 5.01 Å². The molecule has 0 saturated carbocycles. The number of anilines is 1. The minimum atomic E-state index is -0.212. The molecule has 0 aliphatic rings. The van der Waals surface area contributed by atoms with Crippen LogP contribution in [0.4, 0.5) is 5.69 Å². The number of nitrogens with zero attached hydrogens (tertiary/aromatic N) is 2. The van der Waals surface area contributed by atoms with Gasteiger partial charge in [0.1, 0.15) is 0 Å². The Hall–Kier alpha value is -1.35. The summed E-state index contributed by atoms with van der Waals surface area (Å²) in [4.78, 5) is 11.2. The van der Waals surface area contributed by atoms with Crippen LogP contribution in [0.3, 0.4) is 0 Å². The van der Waals surface area contributed by atoms with Crippen LogP contribution in [0.15, 0.2) is 23.3 Å². The zero-order chi connectivity index (χ0) is 10.7. The molecule has 0 N–H and O–H groups in total. The molecule has 0 atom stereocenters. The lowest BCUT2D eigenvalue weighted by molar-refractivity contribution is -0.116. The van der Waals surface area contributed by atoms with Crippen molar-refractivity contribution in [3.05, 3.63) is 28.8 Å². The van der Waals surface area contributed by atoms with Crippen LogP contribution in [0.2, 0.25) is 5.02 Å². The van der Waals surface area contributed by atoms with Crippen LogP contribution >= 0.6 is 11.6 Å². The van der Waals surface area contributed by atoms with Gasteiger partial charge < -0.3 is 0 Å². The first kappa shape index (κ1) is 10.7. The number of hydrazone groups is 1.